The fourth-order valence-electron chi connectivity index (χ4n) is 2.88. The van der Waals surface area contributed by atoms with Crippen LogP contribution in [0.25, 0.3) is 0 Å². The third kappa shape index (κ3) is 2.51. The second-order valence-electron chi connectivity index (χ2n) is 5.42. The van der Waals surface area contributed by atoms with Gasteiger partial charge >= 0.3 is 0 Å². The lowest BCUT2D eigenvalue weighted by Gasteiger charge is -2.31. The molecule has 0 bridgehead atoms. The van der Waals surface area contributed by atoms with E-state index in [0.717, 1.165) is 37.2 Å². The molecule has 1 unspecified atom stereocenters. The van der Waals surface area contributed by atoms with E-state index in [9.17, 15) is 4.79 Å². The fourth-order valence-corrected chi connectivity index (χ4v) is 2.88. The van der Waals surface area contributed by atoms with Crippen molar-refractivity contribution in [2.24, 2.45) is 0 Å². The molecule has 21 heavy (non-hydrogen) atoms. The van der Waals surface area contributed by atoms with Crippen molar-refractivity contribution >= 4 is 11.6 Å². The topological polar surface area (TPSA) is 104 Å². The summed E-state index contributed by atoms with van der Waals surface area (Å²) >= 11 is 0. The van der Waals surface area contributed by atoms with Crippen LogP contribution in [0.15, 0.2) is 12.3 Å². The third-order valence-corrected chi connectivity index (χ3v) is 4.11. The van der Waals surface area contributed by atoms with Crippen LogP contribution in [-0.4, -0.2) is 44.3 Å². The summed E-state index contributed by atoms with van der Waals surface area (Å²) in [6.45, 7) is 3.40. The lowest BCUT2D eigenvalue weighted by Crippen LogP contribution is -2.39. The van der Waals surface area contributed by atoms with Gasteiger partial charge in [-0.05, 0) is 25.3 Å². The average molecular weight is 288 g/mol. The van der Waals surface area contributed by atoms with E-state index in [1.807, 2.05) is 17.9 Å². The Hall–Kier alpha value is -2.31. The summed E-state index contributed by atoms with van der Waals surface area (Å²) in [5, 5.41) is 13.9. The summed E-state index contributed by atoms with van der Waals surface area (Å²) in [5.41, 5.74) is 8.72. The number of nitrogens with two attached hydrogens (primary N) is 1. The molecule has 112 valence electrons. The maximum atomic E-state index is 12.6. The van der Waals surface area contributed by atoms with Crippen molar-refractivity contribution in [2.45, 2.75) is 32.1 Å². The number of nitrogens with zero attached hydrogens (tertiary/aromatic N) is 3. The van der Waals surface area contributed by atoms with Gasteiger partial charge in [-0.1, -0.05) is 6.92 Å². The standard InChI is InChI=1S/C14H20N6O/c1-2-10-12(15)13(19-18-10)14(21)20-7-3-4-9(8-20)11-5-6-16-17-11/h5-6,9H,2-4,7-8,15H2,1H3,(H,16,17)(H,18,19). The van der Waals surface area contributed by atoms with Gasteiger partial charge in [0.1, 0.15) is 0 Å². The Labute approximate surface area is 122 Å². The molecule has 1 amide bonds. The highest BCUT2D eigenvalue weighted by molar-refractivity contribution is 5.97. The number of carbonyl (C=O) groups is 1. The third-order valence-electron chi connectivity index (χ3n) is 4.11. The lowest BCUT2D eigenvalue weighted by molar-refractivity contribution is 0.0701. The van der Waals surface area contributed by atoms with Crippen LogP contribution in [0.2, 0.25) is 0 Å². The Morgan fingerprint density at radius 1 is 1.52 bits per heavy atom. The number of rotatable bonds is 3. The Morgan fingerprint density at radius 2 is 2.38 bits per heavy atom. The van der Waals surface area contributed by atoms with Crippen molar-refractivity contribution in [3.05, 3.63) is 29.3 Å². The number of aromatic nitrogens is 4. The van der Waals surface area contributed by atoms with E-state index in [0.29, 0.717) is 23.8 Å². The summed E-state index contributed by atoms with van der Waals surface area (Å²) in [4.78, 5) is 14.4. The molecule has 0 aromatic carbocycles. The van der Waals surface area contributed by atoms with E-state index in [4.69, 9.17) is 5.73 Å². The van der Waals surface area contributed by atoms with Crippen LogP contribution in [0.1, 0.15) is 47.6 Å². The molecule has 1 fully saturated rings. The normalized spacial score (nSPS) is 18.9. The van der Waals surface area contributed by atoms with Gasteiger partial charge in [0.05, 0.1) is 11.4 Å². The molecule has 3 heterocycles. The summed E-state index contributed by atoms with van der Waals surface area (Å²) in [6, 6.07) is 1.97. The summed E-state index contributed by atoms with van der Waals surface area (Å²) < 4.78 is 0. The molecule has 2 aromatic heterocycles. The van der Waals surface area contributed by atoms with Gasteiger partial charge in [-0.15, -0.1) is 0 Å². The largest absolute Gasteiger partial charge is 0.395 e. The SMILES string of the molecule is CCc1[nH]nc(C(=O)N2CCCC(c3ccn[nH]3)C2)c1N. The number of hydrogen-bond acceptors (Lipinski definition) is 4. The van der Waals surface area contributed by atoms with Gasteiger partial charge in [-0.25, -0.2) is 0 Å². The smallest absolute Gasteiger partial charge is 0.276 e. The molecule has 0 saturated carbocycles. The van der Waals surface area contributed by atoms with Crippen LogP contribution >= 0.6 is 0 Å². The molecule has 1 atom stereocenters. The zero-order chi connectivity index (χ0) is 14.8. The number of H-pyrrole nitrogens is 2. The zero-order valence-electron chi connectivity index (χ0n) is 12.1. The van der Waals surface area contributed by atoms with E-state index in [-0.39, 0.29) is 5.91 Å². The molecule has 4 N–H and O–H groups in total. The molecule has 1 aliphatic heterocycles. The number of nitrogen functional groups attached to an aromatic ring is 1. The Morgan fingerprint density at radius 3 is 3.05 bits per heavy atom. The molecule has 2 aromatic rings. The fraction of sp³-hybridized carbons (Fsp3) is 0.500. The highest BCUT2D eigenvalue weighted by atomic mass is 16.2. The van der Waals surface area contributed by atoms with Crippen LogP contribution in [0, 0.1) is 0 Å². The van der Waals surface area contributed by atoms with E-state index < -0.39 is 0 Å². The number of aryl methyl sites for hydroxylation is 1. The number of amides is 1. The van der Waals surface area contributed by atoms with Gasteiger partial charge in [0.25, 0.3) is 5.91 Å². The van der Waals surface area contributed by atoms with Crippen molar-refractivity contribution in [1.29, 1.82) is 0 Å². The van der Waals surface area contributed by atoms with Crippen molar-refractivity contribution < 1.29 is 4.79 Å². The molecule has 0 aliphatic carbocycles. The molecule has 1 aliphatic rings. The highest BCUT2D eigenvalue weighted by Gasteiger charge is 2.28. The van der Waals surface area contributed by atoms with Gasteiger partial charge in [0, 0.05) is 30.9 Å². The molecule has 0 spiro atoms. The molecule has 0 radical (unpaired) electrons. The number of piperidine rings is 1. The van der Waals surface area contributed by atoms with E-state index in [2.05, 4.69) is 20.4 Å². The molecule has 7 nitrogen and oxygen atoms in total. The van der Waals surface area contributed by atoms with Crippen LogP contribution < -0.4 is 5.73 Å². The van der Waals surface area contributed by atoms with Crippen molar-refractivity contribution in [1.82, 2.24) is 25.3 Å². The van der Waals surface area contributed by atoms with Gasteiger partial charge in [-0.2, -0.15) is 10.2 Å². The zero-order valence-corrected chi connectivity index (χ0v) is 12.1. The Balaban J connectivity index is 1.76. The minimum atomic E-state index is -0.0901. The first-order valence-corrected chi connectivity index (χ1v) is 7.32. The van der Waals surface area contributed by atoms with Gasteiger partial charge in [-0.3, -0.25) is 15.0 Å². The van der Waals surface area contributed by atoms with Crippen LogP contribution in [0.3, 0.4) is 0 Å². The number of carbonyl (C=O) groups excluding carboxylic acids is 1. The van der Waals surface area contributed by atoms with Crippen molar-refractivity contribution in [3.63, 3.8) is 0 Å². The maximum absolute atomic E-state index is 12.6. The quantitative estimate of drug-likeness (QED) is 0.791. The first kappa shape index (κ1) is 13.7. The lowest BCUT2D eigenvalue weighted by atomic mass is 9.94. The first-order valence-electron chi connectivity index (χ1n) is 7.32. The first-order chi connectivity index (χ1) is 10.2. The van der Waals surface area contributed by atoms with Crippen molar-refractivity contribution in [3.8, 4) is 0 Å². The number of anilines is 1. The molecule has 3 rings (SSSR count). The predicted molar refractivity (Wildman–Crippen MR) is 78.8 cm³/mol. The number of hydrogen-bond donors (Lipinski definition) is 3. The van der Waals surface area contributed by atoms with Gasteiger partial charge in [0.15, 0.2) is 5.69 Å². The second-order valence-corrected chi connectivity index (χ2v) is 5.42. The molecular formula is C14H20N6O. The monoisotopic (exact) mass is 288 g/mol. The Kier molecular flexibility index (Phi) is 3.64. The number of likely N-dealkylation sites (tertiary alicyclic amines) is 1. The van der Waals surface area contributed by atoms with Crippen LogP contribution in [0.5, 0.6) is 0 Å². The highest BCUT2D eigenvalue weighted by Crippen LogP contribution is 2.27. The average Bonchev–Trinajstić information content (AvgIpc) is 3.16. The van der Waals surface area contributed by atoms with Crippen LogP contribution in [0.4, 0.5) is 5.69 Å². The minimum Gasteiger partial charge on any atom is -0.395 e. The second kappa shape index (κ2) is 5.59. The van der Waals surface area contributed by atoms with Crippen molar-refractivity contribution in [2.75, 3.05) is 18.8 Å². The molecular weight excluding hydrogens is 268 g/mol. The number of nitrogens with one attached hydrogen (secondary N) is 2. The van der Waals surface area contributed by atoms with E-state index in [1.165, 1.54) is 0 Å². The van der Waals surface area contributed by atoms with Gasteiger partial charge in [0.2, 0.25) is 0 Å². The molecule has 1 saturated heterocycles. The van der Waals surface area contributed by atoms with Crippen LogP contribution in [-0.2, 0) is 6.42 Å². The predicted octanol–water partition coefficient (Wildman–Crippen LogP) is 1.30. The summed E-state index contributed by atoms with van der Waals surface area (Å²) in [7, 11) is 0. The Bertz CT molecular complexity index is 617. The van der Waals surface area contributed by atoms with E-state index in [1.54, 1.807) is 6.20 Å². The maximum Gasteiger partial charge on any atom is 0.276 e. The number of aromatic amines is 2. The minimum absolute atomic E-state index is 0.0901. The summed E-state index contributed by atoms with van der Waals surface area (Å²) in [5.74, 6) is 0.212. The molecule has 7 heteroatoms. The van der Waals surface area contributed by atoms with Gasteiger partial charge < -0.3 is 10.6 Å². The van der Waals surface area contributed by atoms with E-state index >= 15 is 0 Å². The summed E-state index contributed by atoms with van der Waals surface area (Å²) in [6.07, 6.45) is 4.51.